The minimum atomic E-state index is 0.683. The van der Waals surface area contributed by atoms with E-state index in [1.165, 1.54) is 17.3 Å². The van der Waals surface area contributed by atoms with Crippen molar-refractivity contribution in [2.45, 2.75) is 6.42 Å². The summed E-state index contributed by atoms with van der Waals surface area (Å²) < 4.78 is 8.69. The first-order chi connectivity index (χ1) is 14.5. The lowest BCUT2D eigenvalue weighted by molar-refractivity contribution is 0.112. The van der Waals surface area contributed by atoms with Crippen LogP contribution in [0.1, 0.15) is 21.5 Å². The zero-order chi connectivity index (χ0) is 21.3. The normalized spacial score (nSPS) is 10.9. The molecule has 0 amide bonds. The summed E-state index contributed by atoms with van der Waals surface area (Å²) in [5, 5.41) is 0. The van der Waals surface area contributed by atoms with Gasteiger partial charge in [0.2, 0.25) is 0 Å². The molecule has 0 unspecified atom stereocenters. The third-order valence-corrected chi connectivity index (χ3v) is 5.86. The number of fused-ring (bicyclic) bond motifs is 1. The van der Waals surface area contributed by atoms with E-state index in [-0.39, 0.29) is 0 Å². The quantitative estimate of drug-likeness (QED) is 0.419. The molecule has 0 N–H and O–H groups in total. The lowest BCUT2D eigenvalue weighted by Crippen LogP contribution is -2.13. The molecule has 0 saturated carbocycles. The number of hydrogen-bond donors (Lipinski definition) is 0. The third-order valence-electron chi connectivity index (χ3n) is 5.31. The van der Waals surface area contributed by atoms with Crippen molar-refractivity contribution >= 4 is 40.4 Å². The van der Waals surface area contributed by atoms with Gasteiger partial charge in [-0.15, -0.1) is 0 Å². The van der Waals surface area contributed by atoms with Gasteiger partial charge in [0.1, 0.15) is 11.0 Å². The van der Waals surface area contributed by atoms with Crippen molar-refractivity contribution in [2.75, 3.05) is 38.0 Å². The van der Waals surface area contributed by atoms with Crippen molar-refractivity contribution in [3.8, 4) is 11.1 Å². The highest BCUT2D eigenvalue weighted by Crippen LogP contribution is 2.36. The summed E-state index contributed by atoms with van der Waals surface area (Å²) in [4.78, 5) is 16.2. The molecule has 4 aromatic rings. The first-order valence-electron chi connectivity index (χ1n) is 9.75. The van der Waals surface area contributed by atoms with Crippen LogP contribution in [0, 0.1) is 0 Å². The van der Waals surface area contributed by atoms with E-state index < -0.39 is 0 Å². The van der Waals surface area contributed by atoms with E-state index in [0.29, 0.717) is 5.56 Å². The molecule has 0 spiro atoms. The number of anilines is 2. The van der Waals surface area contributed by atoms with Crippen LogP contribution in [0.4, 0.5) is 11.4 Å². The Morgan fingerprint density at radius 1 is 0.867 bits per heavy atom. The second-order valence-corrected chi connectivity index (χ2v) is 8.27. The summed E-state index contributed by atoms with van der Waals surface area (Å²) in [6.07, 6.45) is 1.67. The number of hydrogen-bond acceptors (Lipinski definition) is 6. The smallest absolute Gasteiger partial charge is 0.150 e. The van der Waals surface area contributed by atoms with Crippen molar-refractivity contribution in [3.63, 3.8) is 0 Å². The maximum absolute atomic E-state index is 12.0. The number of nitrogens with zero attached hydrogens (tertiary/aromatic N) is 4. The van der Waals surface area contributed by atoms with Crippen LogP contribution in [-0.2, 0) is 6.42 Å². The van der Waals surface area contributed by atoms with Gasteiger partial charge in [0.15, 0.2) is 6.29 Å². The Morgan fingerprint density at radius 2 is 1.60 bits per heavy atom. The predicted molar refractivity (Wildman–Crippen MR) is 126 cm³/mol. The van der Waals surface area contributed by atoms with Gasteiger partial charge in [0, 0.05) is 51.5 Å². The van der Waals surface area contributed by atoms with Gasteiger partial charge in [-0.1, -0.05) is 18.2 Å². The van der Waals surface area contributed by atoms with Crippen molar-refractivity contribution in [3.05, 3.63) is 71.3 Å². The van der Waals surface area contributed by atoms with E-state index in [0.717, 1.165) is 51.8 Å². The summed E-state index contributed by atoms with van der Waals surface area (Å²) >= 11 is 1.20. The summed E-state index contributed by atoms with van der Waals surface area (Å²) in [6, 6.07) is 18.5. The Labute approximate surface area is 180 Å². The number of rotatable bonds is 6. The van der Waals surface area contributed by atoms with Gasteiger partial charge in [-0.25, -0.2) is 0 Å². The number of carbonyl (C=O) groups excluding carboxylic acids is 1. The topological polar surface area (TPSA) is 49.3 Å². The highest BCUT2D eigenvalue weighted by atomic mass is 32.1. The van der Waals surface area contributed by atoms with Crippen LogP contribution >= 0.6 is 11.7 Å². The van der Waals surface area contributed by atoms with E-state index in [2.05, 4.69) is 42.8 Å². The zero-order valence-electron chi connectivity index (χ0n) is 17.6. The second kappa shape index (κ2) is 8.24. The lowest BCUT2D eigenvalue weighted by atomic mass is 9.89. The molecule has 0 bridgehead atoms. The Kier molecular flexibility index (Phi) is 5.50. The van der Waals surface area contributed by atoms with E-state index in [1.54, 1.807) is 0 Å². The minimum Gasteiger partial charge on any atom is -0.378 e. The largest absolute Gasteiger partial charge is 0.378 e. The third kappa shape index (κ3) is 3.78. The molecular weight excluding hydrogens is 392 g/mol. The molecule has 30 heavy (non-hydrogen) atoms. The van der Waals surface area contributed by atoms with Gasteiger partial charge in [-0.3, -0.25) is 4.79 Å². The van der Waals surface area contributed by atoms with Crippen LogP contribution in [0.15, 0.2) is 54.6 Å². The molecule has 152 valence electrons. The van der Waals surface area contributed by atoms with Crippen LogP contribution < -0.4 is 9.80 Å². The van der Waals surface area contributed by atoms with Crippen LogP contribution in [0.5, 0.6) is 0 Å². The average Bonchev–Trinajstić information content (AvgIpc) is 3.21. The maximum Gasteiger partial charge on any atom is 0.150 e. The molecule has 0 atom stereocenters. The minimum absolute atomic E-state index is 0.683. The van der Waals surface area contributed by atoms with Crippen LogP contribution in [0.3, 0.4) is 0 Å². The fourth-order valence-electron chi connectivity index (χ4n) is 3.75. The van der Waals surface area contributed by atoms with Gasteiger partial charge in [-0.05, 0) is 58.7 Å². The standard InChI is InChI=1S/C24H24N4OS/c1-27(2)19-9-5-16(6-10-19)13-20-23(28(3)4)12-8-18(15-29)24(20)17-7-11-21-22(14-17)26-30-25-21/h5-12,14-15H,13H2,1-4H3. The van der Waals surface area contributed by atoms with E-state index in [4.69, 9.17) is 0 Å². The molecule has 0 radical (unpaired) electrons. The average molecular weight is 417 g/mol. The van der Waals surface area contributed by atoms with Gasteiger partial charge in [0.05, 0.1) is 11.7 Å². The molecule has 1 aromatic heterocycles. The number of benzene rings is 3. The summed E-state index contributed by atoms with van der Waals surface area (Å²) in [7, 11) is 8.14. The zero-order valence-corrected chi connectivity index (χ0v) is 18.4. The molecule has 0 aliphatic heterocycles. The van der Waals surface area contributed by atoms with Crippen LogP contribution in [-0.4, -0.2) is 43.2 Å². The SMILES string of the molecule is CN(C)c1ccc(Cc2c(N(C)C)ccc(C=O)c2-c2ccc3nsnc3c2)cc1. The Morgan fingerprint density at radius 3 is 2.27 bits per heavy atom. The van der Waals surface area contributed by atoms with Crippen LogP contribution in [0.2, 0.25) is 0 Å². The van der Waals surface area contributed by atoms with Gasteiger partial charge >= 0.3 is 0 Å². The highest BCUT2D eigenvalue weighted by molar-refractivity contribution is 7.00. The predicted octanol–water partition coefficient (Wildman–Crippen LogP) is 4.89. The molecule has 0 saturated heterocycles. The van der Waals surface area contributed by atoms with Gasteiger partial charge in [-0.2, -0.15) is 8.75 Å². The van der Waals surface area contributed by atoms with Crippen molar-refractivity contribution in [1.82, 2.24) is 8.75 Å². The van der Waals surface area contributed by atoms with Crippen molar-refractivity contribution < 1.29 is 4.79 Å². The molecule has 0 aliphatic rings. The van der Waals surface area contributed by atoms with Crippen molar-refractivity contribution in [2.24, 2.45) is 0 Å². The first-order valence-corrected chi connectivity index (χ1v) is 10.5. The second-order valence-electron chi connectivity index (χ2n) is 7.75. The molecule has 0 fully saturated rings. The first kappa shape index (κ1) is 20.0. The van der Waals surface area contributed by atoms with Crippen LogP contribution in [0.25, 0.3) is 22.2 Å². The number of aldehydes is 1. The fraction of sp³-hybridized carbons (Fsp3) is 0.208. The van der Waals surface area contributed by atoms with E-state index in [9.17, 15) is 4.79 Å². The van der Waals surface area contributed by atoms with Gasteiger partial charge in [0.25, 0.3) is 0 Å². The molecular formula is C24H24N4OS. The molecule has 3 aromatic carbocycles. The summed E-state index contributed by atoms with van der Waals surface area (Å²) in [5.74, 6) is 0. The molecule has 6 heteroatoms. The molecule has 0 aliphatic carbocycles. The Bertz CT molecular complexity index is 1200. The molecule has 4 rings (SSSR count). The number of carbonyl (C=O) groups is 1. The monoisotopic (exact) mass is 416 g/mol. The van der Waals surface area contributed by atoms with E-state index in [1.807, 2.05) is 58.5 Å². The Balaban J connectivity index is 1.89. The van der Waals surface area contributed by atoms with Crippen molar-refractivity contribution in [1.29, 1.82) is 0 Å². The summed E-state index contributed by atoms with van der Waals surface area (Å²) in [6.45, 7) is 0. The molecule has 5 nitrogen and oxygen atoms in total. The fourth-order valence-corrected chi connectivity index (χ4v) is 4.26. The Hall–Kier alpha value is -3.25. The van der Waals surface area contributed by atoms with Gasteiger partial charge < -0.3 is 9.80 Å². The number of aromatic nitrogens is 2. The maximum atomic E-state index is 12.0. The highest BCUT2D eigenvalue weighted by Gasteiger charge is 2.18. The van der Waals surface area contributed by atoms with E-state index >= 15 is 0 Å². The lowest BCUT2D eigenvalue weighted by Gasteiger charge is -2.22. The molecule has 1 heterocycles. The summed E-state index contributed by atoms with van der Waals surface area (Å²) in [5.41, 5.74) is 8.95.